The Labute approximate surface area is 340 Å². The number of anilines is 1. The number of fused-ring (bicyclic) bond motifs is 6. The number of nitrogens with one attached hydrogen (secondary N) is 2. The fraction of sp³-hybridized carbons (Fsp3) is 0.319. The fourth-order valence-electron chi connectivity index (χ4n) is 8.64. The van der Waals surface area contributed by atoms with E-state index in [0.29, 0.717) is 19.4 Å². The van der Waals surface area contributed by atoms with E-state index in [1.54, 1.807) is 0 Å². The largest absolute Gasteiger partial charge is 0.481 e. The lowest BCUT2D eigenvalue weighted by molar-refractivity contribution is -0.401. The Morgan fingerprint density at radius 3 is 2.09 bits per heavy atom. The molecule has 11 heteroatoms. The zero-order valence-electron chi connectivity index (χ0n) is 34.3. The minimum atomic E-state index is -0.837. The van der Waals surface area contributed by atoms with E-state index in [9.17, 15) is 19.5 Å². The van der Waals surface area contributed by atoms with Crippen LogP contribution in [0.5, 0.6) is 0 Å². The van der Waals surface area contributed by atoms with Crippen molar-refractivity contribution in [1.29, 1.82) is 0 Å². The van der Waals surface area contributed by atoms with Crippen LogP contribution in [0.3, 0.4) is 0 Å². The van der Waals surface area contributed by atoms with E-state index < -0.39 is 30.1 Å². The summed E-state index contributed by atoms with van der Waals surface area (Å²) < 4.78 is 2.22. The highest BCUT2D eigenvalue weighted by atomic mass is 16.4. The van der Waals surface area contributed by atoms with Crippen molar-refractivity contribution in [3.63, 3.8) is 0 Å². The zero-order chi connectivity index (χ0) is 41.9. The lowest BCUT2D eigenvalue weighted by atomic mass is 9.78. The summed E-state index contributed by atoms with van der Waals surface area (Å²) in [5.41, 5.74) is 24.9. The van der Waals surface area contributed by atoms with Crippen molar-refractivity contribution in [3.8, 4) is 0 Å². The summed E-state index contributed by atoms with van der Waals surface area (Å²) in [5.74, 6) is -1.74. The van der Waals surface area contributed by atoms with Crippen LogP contribution >= 0.6 is 0 Å². The van der Waals surface area contributed by atoms with Crippen molar-refractivity contribution in [1.82, 2.24) is 10.6 Å². The molecule has 0 bridgehead atoms. The molecule has 0 aliphatic carbocycles. The highest BCUT2D eigenvalue weighted by Gasteiger charge is 2.44. The monoisotopic (exact) mass is 782 g/mol. The van der Waals surface area contributed by atoms with Gasteiger partial charge in [-0.1, -0.05) is 86.7 Å². The maximum atomic E-state index is 12.9. The van der Waals surface area contributed by atoms with Gasteiger partial charge in [0.2, 0.25) is 17.5 Å². The summed E-state index contributed by atoms with van der Waals surface area (Å²) in [6.07, 6.45) is 14.9. The Morgan fingerprint density at radius 2 is 1.41 bits per heavy atom. The van der Waals surface area contributed by atoms with Gasteiger partial charge in [-0.25, -0.2) is 0 Å². The molecular formula is C47H56N7O4+. The lowest BCUT2D eigenvalue weighted by Crippen LogP contribution is -2.46. The average Bonchev–Trinajstić information content (AvgIpc) is 3.48. The number of nitrogens with two attached hydrogens (primary N) is 3. The van der Waals surface area contributed by atoms with E-state index in [1.807, 2.05) is 48.6 Å². The maximum Gasteiger partial charge on any atom is 0.307 e. The number of nitrogens with zero attached hydrogens (tertiary/aromatic N) is 2. The van der Waals surface area contributed by atoms with Crippen molar-refractivity contribution < 1.29 is 24.1 Å². The molecule has 0 spiro atoms. The van der Waals surface area contributed by atoms with Gasteiger partial charge >= 0.3 is 5.97 Å². The summed E-state index contributed by atoms with van der Waals surface area (Å²) in [6, 6.07) is 19.6. The number of carboxylic acids is 1. The second kappa shape index (κ2) is 17.0. The van der Waals surface area contributed by atoms with E-state index in [4.69, 9.17) is 17.2 Å². The van der Waals surface area contributed by atoms with Crippen molar-refractivity contribution in [2.75, 3.05) is 25.5 Å². The zero-order valence-corrected chi connectivity index (χ0v) is 34.3. The third-order valence-corrected chi connectivity index (χ3v) is 11.4. The molecule has 9 N–H and O–H groups in total. The number of aliphatic carboxylic acids is 1. The van der Waals surface area contributed by atoms with Gasteiger partial charge in [-0.05, 0) is 89.7 Å². The van der Waals surface area contributed by atoms with Gasteiger partial charge in [0, 0.05) is 41.6 Å². The topological polar surface area (TPSA) is 180 Å². The van der Waals surface area contributed by atoms with E-state index in [-0.39, 0.29) is 23.7 Å². The predicted molar refractivity (Wildman–Crippen MR) is 234 cm³/mol. The first-order valence-corrected chi connectivity index (χ1v) is 19.8. The normalized spacial score (nSPS) is 17.1. The van der Waals surface area contributed by atoms with Gasteiger partial charge in [0.15, 0.2) is 5.71 Å². The molecule has 2 amide bonds. The van der Waals surface area contributed by atoms with Gasteiger partial charge in [-0.2, -0.15) is 4.58 Å². The Hall–Kier alpha value is -5.72. The van der Waals surface area contributed by atoms with Crippen LogP contribution < -0.4 is 32.7 Å². The number of amides is 2. The number of hydrogen-bond donors (Lipinski definition) is 6. The van der Waals surface area contributed by atoms with Gasteiger partial charge in [0.25, 0.3) is 0 Å². The molecule has 0 aromatic heterocycles. The van der Waals surface area contributed by atoms with Gasteiger partial charge < -0.3 is 27.2 Å². The van der Waals surface area contributed by atoms with Crippen LogP contribution in [0.1, 0.15) is 62.8 Å². The molecule has 2 aliphatic rings. The quantitative estimate of drug-likeness (QED) is 0.0406. The van der Waals surface area contributed by atoms with Crippen molar-refractivity contribution >= 4 is 56.4 Å². The first-order valence-electron chi connectivity index (χ1n) is 19.8. The Kier molecular flexibility index (Phi) is 12.3. The molecule has 2 aliphatic heterocycles. The smallest absolute Gasteiger partial charge is 0.307 e. The summed E-state index contributed by atoms with van der Waals surface area (Å²) in [6.45, 7) is 9.39. The number of benzene rings is 4. The van der Waals surface area contributed by atoms with E-state index >= 15 is 0 Å². The molecule has 302 valence electrons. The van der Waals surface area contributed by atoms with E-state index in [0.717, 1.165) is 55.5 Å². The van der Waals surface area contributed by atoms with Gasteiger partial charge in [0.05, 0.1) is 24.3 Å². The van der Waals surface area contributed by atoms with Crippen molar-refractivity contribution in [3.05, 3.63) is 131 Å². The Bertz CT molecular complexity index is 2440. The number of imide groups is 1. The second-order valence-corrected chi connectivity index (χ2v) is 16.4. The molecule has 58 heavy (non-hydrogen) atoms. The first kappa shape index (κ1) is 41.9. The molecule has 11 nitrogen and oxygen atoms in total. The van der Waals surface area contributed by atoms with Crippen molar-refractivity contribution in [2.45, 2.75) is 76.5 Å². The molecule has 1 atom stereocenters. The molecular weight excluding hydrogens is 727 g/mol. The Balaban J connectivity index is 1.13. The number of likely N-dealkylation sites (N-methyl/N-ethyl adjacent to an activating group) is 1. The summed E-state index contributed by atoms with van der Waals surface area (Å²) in [4.78, 5) is 39.1. The first-order chi connectivity index (χ1) is 27.5. The van der Waals surface area contributed by atoms with Crippen LogP contribution in [-0.2, 0) is 38.1 Å². The van der Waals surface area contributed by atoms with E-state index in [2.05, 4.69) is 117 Å². The van der Waals surface area contributed by atoms with E-state index in [1.165, 1.54) is 11.1 Å². The summed E-state index contributed by atoms with van der Waals surface area (Å²) in [5, 5.41) is 19.0. The lowest BCUT2D eigenvalue weighted by Gasteiger charge is -2.24. The molecule has 4 aromatic rings. The van der Waals surface area contributed by atoms with Crippen LogP contribution in [0, 0.1) is 0 Å². The number of hydrogen-bond acceptors (Lipinski definition) is 8. The third-order valence-electron chi connectivity index (χ3n) is 11.4. The van der Waals surface area contributed by atoms with Gasteiger partial charge in [0.1, 0.15) is 13.3 Å². The molecule has 2 heterocycles. The minimum absolute atomic E-state index is 0.00377. The number of carboxylic acid groups (broad SMARTS) is 1. The highest BCUT2D eigenvalue weighted by molar-refractivity contribution is 6.08. The van der Waals surface area contributed by atoms with Gasteiger partial charge in [-0.15, -0.1) is 0 Å². The number of allylic oxidation sites excluding steroid dienone is 8. The fourth-order valence-corrected chi connectivity index (χ4v) is 8.64. The number of carbonyl (C=O) groups is 3. The molecule has 0 unspecified atom stereocenters. The van der Waals surface area contributed by atoms with Crippen LogP contribution in [-0.4, -0.2) is 66.1 Å². The summed E-state index contributed by atoms with van der Waals surface area (Å²) >= 11 is 0. The van der Waals surface area contributed by atoms with Crippen LogP contribution in [0.25, 0.3) is 21.5 Å². The SMILES string of the molecule is CN1/C(=C/C=C/C=C/C=C/C2=[N+](C)c3ccc4ccc(CC(=O)NC(=O)[C@@H](N)CCCNC(N)N)cc4c3C2(C)C)C(C)(C)c2c1ccc1ccc(CC(=O)O)cc21. The van der Waals surface area contributed by atoms with Gasteiger partial charge in [-0.3, -0.25) is 25.0 Å². The van der Waals surface area contributed by atoms with Crippen LogP contribution in [0.4, 0.5) is 11.4 Å². The molecule has 0 radical (unpaired) electrons. The minimum Gasteiger partial charge on any atom is -0.481 e. The Morgan fingerprint density at radius 1 is 0.810 bits per heavy atom. The average molecular weight is 783 g/mol. The molecule has 0 saturated carbocycles. The number of rotatable bonds is 14. The molecule has 0 saturated heterocycles. The maximum absolute atomic E-state index is 12.9. The molecule has 0 fully saturated rings. The second-order valence-electron chi connectivity index (χ2n) is 16.4. The van der Waals surface area contributed by atoms with Crippen LogP contribution in [0.15, 0.2) is 109 Å². The predicted octanol–water partition coefficient (Wildman–Crippen LogP) is 5.69. The number of carbonyl (C=O) groups excluding carboxylic acids is 2. The molecule has 6 rings (SSSR count). The summed E-state index contributed by atoms with van der Waals surface area (Å²) in [7, 11) is 4.16. The highest BCUT2D eigenvalue weighted by Crippen LogP contribution is 2.50. The standard InChI is InChI=1S/C47H55N7O4/c1-46(2)38(14-10-8-7-9-11-15-39-47(3,4)43-34-26-30(28-41(56)57)17-19-32(34)21-23-37(43)54(39)6)53(5)36-22-20-31-18-16-29(25-33(31)42(36)46)27-40(55)52-44(58)35(48)13-12-24-51-45(49)50/h7-11,14-23,25-26,35,45,51H,12-13,24,27-28,48-50H2,1-6H3,(H-,52,55,56,57,58)/p+1/t35-/m0/s1. The van der Waals surface area contributed by atoms with Crippen LogP contribution in [0.2, 0.25) is 0 Å². The third kappa shape index (κ3) is 8.58. The molecule has 4 aromatic carbocycles. The van der Waals surface area contributed by atoms with Crippen molar-refractivity contribution in [2.24, 2.45) is 17.2 Å².